The fourth-order valence-corrected chi connectivity index (χ4v) is 1.98. The Hall–Kier alpha value is -2.42. The molecule has 0 unspecified atom stereocenters. The summed E-state index contributed by atoms with van der Waals surface area (Å²) in [5.41, 5.74) is 1.11. The fraction of sp³-hybridized carbons (Fsp3) is 0.0667. The van der Waals surface area contributed by atoms with Crippen LogP contribution in [0.3, 0.4) is 0 Å². The highest BCUT2D eigenvalue weighted by Crippen LogP contribution is 2.23. The molecule has 0 saturated carbocycles. The van der Waals surface area contributed by atoms with Crippen molar-refractivity contribution in [3.05, 3.63) is 66.7 Å². The molecule has 1 heterocycles. The van der Waals surface area contributed by atoms with Gasteiger partial charge in [0.2, 0.25) is 0 Å². The largest absolute Gasteiger partial charge is 0.377 e. The van der Waals surface area contributed by atoms with Crippen molar-refractivity contribution in [3.8, 4) is 0 Å². The summed E-state index contributed by atoms with van der Waals surface area (Å²) in [7, 11) is 0. The van der Waals surface area contributed by atoms with E-state index in [4.69, 9.17) is 0 Å². The molecule has 0 fully saturated rings. The van der Waals surface area contributed by atoms with E-state index in [0.29, 0.717) is 6.54 Å². The summed E-state index contributed by atoms with van der Waals surface area (Å²) in [5.74, 6) is 0.797. The normalized spacial score (nSPS) is 10.4. The number of fused-ring (bicyclic) bond motifs is 1. The lowest BCUT2D eigenvalue weighted by Gasteiger charge is -2.08. The molecular weight excluding hydrogens is 222 g/mol. The lowest BCUT2D eigenvalue weighted by atomic mass is 10.1. The van der Waals surface area contributed by atoms with Gasteiger partial charge in [-0.3, -0.25) is 0 Å². The Bertz CT molecular complexity index is 645. The zero-order chi connectivity index (χ0) is 12.2. The maximum Gasteiger partial charge on any atom is 0.147 e. The summed E-state index contributed by atoms with van der Waals surface area (Å²) >= 11 is 0. The third-order valence-electron chi connectivity index (χ3n) is 2.85. The van der Waals surface area contributed by atoms with E-state index in [1.165, 1.54) is 10.8 Å². The Balaban J connectivity index is 1.87. The third-order valence-corrected chi connectivity index (χ3v) is 2.85. The van der Waals surface area contributed by atoms with E-state index in [9.17, 15) is 0 Å². The van der Waals surface area contributed by atoms with E-state index >= 15 is 0 Å². The van der Waals surface area contributed by atoms with Crippen LogP contribution in [0.25, 0.3) is 10.8 Å². The minimum atomic E-state index is 0.634. The Morgan fingerprint density at radius 1 is 0.833 bits per heavy atom. The Kier molecular flexibility index (Phi) is 2.88. The molecule has 0 amide bonds. The Morgan fingerprint density at radius 3 is 2.50 bits per heavy atom. The van der Waals surface area contributed by atoms with Gasteiger partial charge in [0.15, 0.2) is 0 Å². The van der Waals surface area contributed by atoms with E-state index in [1.807, 2.05) is 18.2 Å². The molecule has 0 saturated heterocycles. The molecule has 0 bridgehead atoms. The highest BCUT2D eigenvalue weighted by Gasteiger charge is 2.00. The van der Waals surface area contributed by atoms with Gasteiger partial charge in [-0.1, -0.05) is 36.4 Å². The maximum atomic E-state index is 4.20. The second-order valence-electron chi connectivity index (χ2n) is 4.05. The second-order valence-corrected chi connectivity index (χ2v) is 4.05. The van der Waals surface area contributed by atoms with Crippen LogP contribution in [0.1, 0.15) is 5.82 Å². The van der Waals surface area contributed by atoms with Crippen LogP contribution < -0.4 is 5.32 Å². The molecule has 0 radical (unpaired) electrons. The average Bonchev–Trinajstić information content (AvgIpc) is 2.46. The van der Waals surface area contributed by atoms with Crippen molar-refractivity contribution in [2.45, 2.75) is 6.54 Å². The SMILES string of the molecule is c1cnc(CNc2cccc3ccccc23)nc1. The van der Waals surface area contributed by atoms with Crippen LogP contribution in [0.4, 0.5) is 5.69 Å². The minimum absolute atomic E-state index is 0.634. The lowest BCUT2D eigenvalue weighted by molar-refractivity contribution is 0.950. The highest BCUT2D eigenvalue weighted by atomic mass is 15.0. The van der Waals surface area contributed by atoms with Gasteiger partial charge in [-0.2, -0.15) is 0 Å². The molecule has 0 atom stereocenters. The summed E-state index contributed by atoms with van der Waals surface area (Å²) in [6.07, 6.45) is 3.51. The van der Waals surface area contributed by atoms with E-state index in [-0.39, 0.29) is 0 Å². The van der Waals surface area contributed by atoms with Gasteiger partial charge in [-0.05, 0) is 17.5 Å². The Labute approximate surface area is 106 Å². The van der Waals surface area contributed by atoms with Crippen molar-refractivity contribution in [1.82, 2.24) is 9.97 Å². The van der Waals surface area contributed by atoms with Gasteiger partial charge >= 0.3 is 0 Å². The zero-order valence-electron chi connectivity index (χ0n) is 9.88. The van der Waals surface area contributed by atoms with Crippen molar-refractivity contribution < 1.29 is 0 Å². The standard InChI is InChI=1S/C15H13N3/c1-2-7-13-12(5-1)6-3-8-14(13)18-11-15-16-9-4-10-17-15/h1-10,18H,11H2. The summed E-state index contributed by atoms with van der Waals surface area (Å²) in [6, 6.07) is 16.4. The summed E-state index contributed by atoms with van der Waals surface area (Å²) in [4.78, 5) is 8.40. The zero-order valence-corrected chi connectivity index (χ0v) is 9.88. The van der Waals surface area contributed by atoms with Crippen molar-refractivity contribution >= 4 is 16.5 Å². The molecule has 1 aromatic heterocycles. The monoisotopic (exact) mass is 235 g/mol. The van der Waals surface area contributed by atoms with Crippen LogP contribution >= 0.6 is 0 Å². The van der Waals surface area contributed by atoms with Gasteiger partial charge in [0, 0.05) is 23.5 Å². The first kappa shape index (κ1) is 10.7. The number of anilines is 1. The first-order valence-electron chi connectivity index (χ1n) is 5.91. The van der Waals surface area contributed by atoms with E-state index in [1.54, 1.807) is 12.4 Å². The molecular formula is C15H13N3. The number of benzene rings is 2. The average molecular weight is 235 g/mol. The van der Waals surface area contributed by atoms with Gasteiger partial charge < -0.3 is 5.32 Å². The number of hydrogen-bond acceptors (Lipinski definition) is 3. The fourth-order valence-electron chi connectivity index (χ4n) is 1.98. The number of hydrogen-bond donors (Lipinski definition) is 1. The Morgan fingerprint density at radius 2 is 1.61 bits per heavy atom. The predicted molar refractivity (Wildman–Crippen MR) is 73.3 cm³/mol. The van der Waals surface area contributed by atoms with Crippen molar-refractivity contribution in [3.63, 3.8) is 0 Å². The number of nitrogens with zero attached hydrogens (tertiary/aromatic N) is 2. The smallest absolute Gasteiger partial charge is 0.147 e. The maximum absolute atomic E-state index is 4.20. The molecule has 18 heavy (non-hydrogen) atoms. The van der Waals surface area contributed by atoms with Crippen molar-refractivity contribution in [2.24, 2.45) is 0 Å². The molecule has 0 aliphatic rings. The molecule has 3 aromatic rings. The van der Waals surface area contributed by atoms with Crippen LogP contribution in [0.2, 0.25) is 0 Å². The number of aromatic nitrogens is 2. The van der Waals surface area contributed by atoms with Crippen molar-refractivity contribution in [2.75, 3.05) is 5.32 Å². The molecule has 88 valence electrons. The van der Waals surface area contributed by atoms with Crippen LogP contribution in [0.5, 0.6) is 0 Å². The van der Waals surface area contributed by atoms with Crippen LogP contribution in [0.15, 0.2) is 60.9 Å². The molecule has 3 heteroatoms. The minimum Gasteiger partial charge on any atom is -0.377 e. The van der Waals surface area contributed by atoms with E-state index < -0.39 is 0 Å². The summed E-state index contributed by atoms with van der Waals surface area (Å²) in [5, 5.41) is 5.83. The van der Waals surface area contributed by atoms with Gasteiger partial charge in [-0.15, -0.1) is 0 Å². The third kappa shape index (κ3) is 2.15. The summed E-state index contributed by atoms with van der Waals surface area (Å²) in [6.45, 7) is 0.634. The number of nitrogens with one attached hydrogen (secondary N) is 1. The van der Waals surface area contributed by atoms with E-state index in [2.05, 4.69) is 45.6 Å². The van der Waals surface area contributed by atoms with Gasteiger partial charge in [0.05, 0.1) is 6.54 Å². The van der Waals surface area contributed by atoms with E-state index in [0.717, 1.165) is 11.5 Å². The molecule has 0 spiro atoms. The molecule has 0 aliphatic heterocycles. The lowest BCUT2D eigenvalue weighted by Crippen LogP contribution is -2.03. The molecule has 3 rings (SSSR count). The molecule has 0 aliphatic carbocycles. The first-order valence-corrected chi connectivity index (χ1v) is 5.91. The van der Waals surface area contributed by atoms with Gasteiger partial charge in [-0.25, -0.2) is 9.97 Å². The van der Waals surface area contributed by atoms with Crippen LogP contribution in [-0.4, -0.2) is 9.97 Å². The molecule has 1 N–H and O–H groups in total. The number of rotatable bonds is 3. The topological polar surface area (TPSA) is 37.8 Å². The molecule has 3 nitrogen and oxygen atoms in total. The first-order chi connectivity index (χ1) is 8.93. The highest BCUT2D eigenvalue weighted by molar-refractivity contribution is 5.93. The van der Waals surface area contributed by atoms with Crippen LogP contribution in [0, 0.1) is 0 Å². The predicted octanol–water partition coefficient (Wildman–Crippen LogP) is 3.24. The van der Waals surface area contributed by atoms with Crippen LogP contribution in [-0.2, 0) is 6.54 Å². The second kappa shape index (κ2) is 4.84. The van der Waals surface area contributed by atoms with Crippen molar-refractivity contribution in [1.29, 1.82) is 0 Å². The summed E-state index contributed by atoms with van der Waals surface area (Å²) < 4.78 is 0. The van der Waals surface area contributed by atoms with Gasteiger partial charge in [0.1, 0.15) is 5.82 Å². The van der Waals surface area contributed by atoms with Gasteiger partial charge in [0.25, 0.3) is 0 Å². The molecule has 2 aromatic carbocycles. The quantitative estimate of drug-likeness (QED) is 0.757.